The van der Waals surface area contributed by atoms with Crippen molar-refractivity contribution in [2.75, 3.05) is 12.8 Å². The van der Waals surface area contributed by atoms with Crippen LogP contribution in [0.3, 0.4) is 0 Å². The molecule has 0 aliphatic carbocycles. The van der Waals surface area contributed by atoms with Crippen LogP contribution >= 0.6 is 0 Å². The zero-order valence-electron chi connectivity index (χ0n) is 20.1. The monoisotopic (exact) mass is 503 g/mol. The lowest BCUT2D eigenvalue weighted by atomic mass is 10.1. The number of nitrogens with zero attached hydrogens (tertiary/aromatic N) is 2. The molecule has 36 heavy (non-hydrogen) atoms. The summed E-state index contributed by atoms with van der Waals surface area (Å²) in [5.41, 5.74) is 3.74. The Balaban J connectivity index is 1.24. The average molecular weight is 504 g/mol. The zero-order chi connectivity index (χ0) is 25.4. The Bertz CT molecular complexity index is 1380. The number of rotatable bonds is 10. The molecule has 0 fully saturated rings. The maximum atomic E-state index is 12.4. The van der Waals surface area contributed by atoms with Crippen molar-refractivity contribution in [2.45, 2.75) is 30.8 Å². The Morgan fingerprint density at radius 2 is 1.64 bits per heavy atom. The van der Waals surface area contributed by atoms with E-state index in [1.165, 1.54) is 22.7 Å². The quantitative estimate of drug-likeness (QED) is 0.304. The standard InChI is InChI=1S/C28H29N3O4S/c1-36(33,34)26-16-10-23(11-17-26)20-35-25-14-12-24(13-15-25)27-19-31(21-30-27)28(32)29-18-6-5-9-22-7-3-2-4-8-22/h2-4,7-8,10-17,19,21H,5-6,9,18,20H2,1H3,(H,29,32). The lowest BCUT2D eigenvalue weighted by molar-refractivity contribution is 0.242. The lowest BCUT2D eigenvalue weighted by Gasteiger charge is -2.08. The second-order valence-corrected chi connectivity index (χ2v) is 10.6. The highest BCUT2D eigenvalue weighted by Gasteiger charge is 2.09. The van der Waals surface area contributed by atoms with Crippen LogP contribution < -0.4 is 10.1 Å². The van der Waals surface area contributed by atoms with Gasteiger partial charge in [-0.1, -0.05) is 42.5 Å². The van der Waals surface area contributed by atoms with Gasteiger partial charge >= 0.3 is 6.03 Å². The van der Waals surface area contributed by atoms with E-state index < -0.39 is 9.84 Å². The number of unbranched alkanes of at least 4 members (excludes halogenated alkanes) is 1. The van der Waals surface area contributed by atoms with Gasteiger partial charge in [-0.2, -0.15) is 0 Å². The fourth-order valence-electron chi connectivity index (χ4n) is 3.69. The molecule has 7 nitrogen and oxygen atoms in total. The number of aryl methyl sites for hydroxylation is 1. The van der Waals surface area contributed by atoms with E-state index in [2.05, 4.69) is 22.4 Å². The van der Waals surface area contributed by atoms with Gasteiger partial charge in [-0.15, -0.1) is 0 Å². The van der Waals surface area contributed by atoms with Gasteiger partial charge < -0.3 is 10.1 Å². The van der Waals surface area contributed by atoms with Crippen LogP contribution in [0, 0.1) is 0 Å². The van der Waals surface area contributed by atoms with Crippen molar-refractivity contribution in [3.05, 3.63) is 103 Å². The third-order valence-corrected chi connectivity index (χ3v) is 6.86. The number of hydrogen-bond acceptors (Lipinski definition) is 5. The highest BCUT2D eigenvalue weighted by atomic mass is 32.2. The molecule has 0 unspecified atom stereocenters. The largest absolute Gasteiger partial charge is 0.489 e. The fraction of sp³-hybridized carbons (Fsp3) is 0.214. The number of aromatic nitrogens is 2. The van der Waals surface area contributed by atoms with Crippen molar-refractivity contribution in [1.82, 2.24) is 14.9 Å². The van der Waals surface area contributed by atoms with Crippen molar-refractivity contribution in [3.8, 4) is 17.0 Å². The Morgan fingerprint density at radius 1 is 0.917 bits per heavy atom. The highest BCUT2D eigenvalue weighted by molar-refractivity contribution is 7.90. The van der Waals surface area contributed by atoms with Crippen molar-refractivity contribution >= 4 is 15.9 Å². The molecule has 1 aromatic heterocycles. The number of nitrogens with one attached hydrogen (secondary N) is 1. The van der Waals surface area contributed by atoms with Gasteiger partial charge in [-0.3, -0.25) is 4.57 Å². The van der Waals surface area contributed by atoms with Crippen LogP contribution in [-0.2, 0) is 22.9 Å². The van der Waals surface area contributed by atoms with E-state index >= 15 is 0 Å². The normalized spacial score (nSPS) is 11.2. The van der Waals surface area contributed by atoms with Crippen LogP contribution in [0.1, 0.15) is 24.0 Å². The van der Waals surface area contributed by atoms with Gasteiger partial charge in [0.05, 0.1) is 10.6 Å². The second kappa shape index (κ2) is 11.7. The summed E-state index contributed by atoms with van der Waals surface area (Å²) in [6.07, 6.45) is 7.33. The van der Waals surface area contributed by atoms with Crippen molar-refractivity contribution < 1.29 is 17.9 Å². The third kappa shape index (κ3) is 7.05. The van der Waals surface area contributed by atoms with E-state index in [1.807, 2.05) is 42.5 Å². The fourth-order valence-corrected chi connectivity index (χ4v) is 4.32. The molecule has 1 amide bonds. The number of hydrogen-bond donors (Lipinski definition) is 1. The third-order valence-electron chi connectivity index (χ3n) is 5.74. The van der Waals surface area contributed by atoms with E-state index in [1.54, 1.807) is 30.5 Å². The lowest BCUT2D eigenvalue weighted by Crippen LogP contribution is -2.28. The minimum absolute atomic E-state index is 0.199. The summed E-state index contributed by atoms with van der Waals surface area (Å²) in [6.45, 7) is 0.936. The molecule has 1 heterocycles. The molecule has 0 bridgehead atoms. The highest BCUT2D eigenvalue weighted by Crippen LogP contribution is 2.22. The van der Waals surface area contributed by atoms with Gasteiger partial charge in [0.15, 0.2) is 9.84 Å². The molecule has 0 aliphatic rings. The van der Waals surface area contributed by atoms with Gasteiger partial charge in [-0.05, 0) is 66.8 Å². The second-order valence-electron chi connectivity index (χ2n) is 8.57. The first-order valence-corrected chi connectivity index (χ1v) is 13.7. The number of carbonyl (C=O) groups is 1. The first kappa shape index (κ1) is 25.2. The predicted molar refractivity (Wildman–Crippen MR) is 140 cm³/mol. The van der Waals surface area contributed by atoms with Gasteiger partial charge in [0.25, 0.3) is 0 Å². The molecular formula is C28H29N3O4S. The van der Waals surface area contributed by atoms with E-state index in [0.29, 0.717) is 24.6 Å². The molecule has 0 saturated heterocycles. The van der Waals surface area contributed by atoms with Crippen LogP contribution in [0.15, 0.2) is 96.3 Å². The molecule has 0 saturated carbocycles. The van der Waals surface area contributed by atoms with Gasteiger partial charge in [-0.25, -0.2) is 18.2 Å². The van der Waals surface area contributed by atoms with E-state index in [9.17, 15) is 13.2 Å². The Kier molecular flexibility index (Phi) is 8.17. The molecule has 186 valence electrons. The van der Waals surface area contributed by atoms with Crippen LogP contribution in [0.4, 0.5) is 4.79 Å². The van der Waals surface area contributed by atoms with E-state index in [0.717, 1.165) is 30.4 Å². The Hall–Kier alpha value is -3.91. The summed E-state index contributed by atoms with van der Waals surface area (Å²) in [5, 5.41) is 2.93. The van der Waals surface area contributed by atoms with Gasteiger partial charge in [0, 0.05) is 24.6 Å². The van der Waals surface area contributed by atoms with Crippen LogP contribution in [0.2, 0.25) is 0 Å². The molecular weight excluding hydrogens is 474 g/mol. The molecule has 8 heteroatoms. The maximum Gasteiger partial charge on any atom is 0.326 e. The summed E-state index contributed by atoms with van der Waals surface area (Å²) >= 11 is 0. The zero-order valence-corrected chi connectivity index (χ0v) is 20.9. The summed E-state index contributed by atoms with van der Waals surface area (Å²) in [6, 6.07) is 24.2. The maximum absolute atomic E-state index is 12.4. The van der Waals surface area contributed by atoms with Gasteiger partial charge in [0.1, 0.15) is 18.7 Å². The molecule has 4 aromatic rings. The Morgan fingerprint density at radius 3 is 2.33 bits per heavy atom. The molecule has 4 rings (SSSR count). The van der Waals surface area contributed by atoms with Crippen molar-refractivity contribution in [2.24, 2.45) is 0 Å². The number of carbonyl (C=O) groups excluding carboxylic acids is 1. The number of imidazole rings is 1. The Labute approximate surface area is 211 Å². The number of amides is 1. The summed E-state index contributed by atoms with van der Waals surface area (Å²) in [5.74, 6) is 0.679. The molecule has 0 aliphatic heterocycles. The summed E-state index contributed by atoms with van der Waals surface area (Å²) in [4.78, 5) is 17.1. The minimum atomic E-state index is -3.21. The predicted octanol–water partition coefficient (Wildman–Crippen LogP) is 5.11. The summed E-state index contributed by atoms with van der Waals surface area (Å²) in [7, 11) is -3.21. The van der Waals surface area contributed by atoms with Crippen LogP contribution in [-0.4, -0.2) is 36.8 Å². The summed E-state index contributed by atoms with van der Waals surface area (Å²) < 4.78 is 30.4. The topological polar surface area (TPSA) is 90.3 Å². The number of ether oxygens (including phenoxy) is 1. The van der Waals surface area contributed by atoms with Crippen molar-refractivity contribution in [3.63, 3.8) is 0 Å². The van der Waals surface area contributed by atoms with Crippen LogP contribution in [0.25, 0.3) is 11.3 Å². The smallest absolute Gasteiger partial charge is 0.326 e. The molecule has 3 aromatic carbocycles. The minimum Gasteiger partial charge on any atom is -0.489 e. The number of sulfone groups is 1. The SMILES string of the molecule is CS(=O)(=O)c1ccc(COc2ccc(-c3cn(C(=O)NCCCCc4ccccc4)cn3)cc2)cc1. The van der Waals surface area contributed by atoms with Crippen LogP contribution in [0.5, 0.6) is 5.75 Å². The molecule has 0 atom stereocenters. The van der Waals surface area contributed by atoms with Crippen molar-refractivity contribution in [1.29, 1.82) is 0 Å². The molecule has 1 N–H and O–H groups in total. The first-order chi connectivity index (χ1) is 17.4. The van der Waals surface area contributed by atoms with Gasteiger partial charge in [0.2, 0.25) is 0 Å². The van der Waals surface area contributed by atoms with E-state index in [4.69, 9.17) is 4.74 Å². The average Bonchev–Trinajstić information content (AvgIpc) is 3.38. The van der Waals surface area contributed by atoms with E-state index in [-0.39, 0.29) is 10.9 Å². The molecule has 0 radical (unpaired) electrons. The number of benzene rings is 3. The molecule has 0 spiro atoms. The first-order valence-electron chi connectivity index (χ1n) is 11.8.